The molecule has 1 rings (SSSR count). The summed E-state index contributed by atoms with van der Waals surface area (Å²) >= 11 is 5.63. The third-order valence-electron chi connectivity index (χ3n) is 1.91. The molecule has 0 nitrogen and oxygen atoms in total. The molecule has 0 aliphatic carbocycles. The molecule has 0 saturated carbocycles. The van der Waals surface area contributed by atoms with Crippen molar-refractivity contribution < 1.29 is 4.39 Å². The van der Waals surface area contributed by atoms with E-state index in [0.717, 1.165) is 18.4 Å². The fraction of sp³-hybridized carbons (Fsp3) is 0.273. The molecule has 2 heteroatoms. The highest BCUT2D eigenvalue weighted by Crippen LogP contribution is 2.14. The van der Waals surface area contributed by atoms with Crippen molar-refractivity contribution in [3.63, 3.8) is 0 Å². The molecular weight excluding hydrogens is 187 g/mol. The minimum absolute atomic E-state index is 0.159. The number of benzene rings is 1. The zero-order chi connectivity index (χ0) is 9.84. The van der Waals surface area contributed by atoms with E-state index in [1.54, 1.807) is 13.0 Å². The van der Waals surface area contributed by atoms with Gasteiger partial charge in [0.2, 0.25) is 0 Å². The molecular formula is C11H12ClF. The Hall–Kier alpha value is -0.820. The molecule has 0 fully saturated rings. The molecule has 0 heterocycles. The van der Waals surface area contributed by atoms with Gasteiger partial charge in [0, 0.05) is 5.03 Å². The summed E-state index contributed by atoms with van der Waals surface area (Å²) in [5.41, 5.74) is 1.78. The Morgan fingerprint density at radius 1 is 1.54 bits per heavy atom. The molecule has 70 valence electrons. The second-order valence-electron chi connectivity index (χ2n) is 3.10. The van der Waals surface area contributed by atoms with Crippen molar-refractivity contribution in [2.45, 2.75) is 19.8 Å². The van der Waals surface area contributed by atoms with E-state index in [-0.39, 0.29) is 5.82 Å². The van der Waals surface area contributed by atoms with Crippen LogP contribution in [0.3, 0.4) is 0 Å². The van der Waals surface area contributed by atoms with Crippen LogP contribution in [0.2, 0.25) is 0 Å². The van der Waals surface area contributed by atoms with Gasteiger partial charge in [-0.2, -0.15) is 0 Å². The van der Waals surface area contributed by atoms with Crippen molar-refractivity contribution in [1.29, 1.82) is 0 Å². The lowest BCUT2D eigenvalue weighted by molar-refractivity contribution is 0.617. The standard InChI is InChI=1S/C11H12ClF/c1-8-7-10(4-3-9(2)12)5-6-11(8)13/h5-7H,2-4H2,1H3. The van der Waals surface area contributed by atoms with E-state index >= 15 is 0 Å². The molecule has 0 atom stereocenters. The second-order valence-corrected chi connectivity index (χ2v) is 3.64. The van der Waals surface area contributed by atoms with Crippen molar-refractivity contribution in [1.82, 2.24) is 0 Å². The first kappa shape index (κ1) is 10.3. The SMILES string of the molecule is C=C(Cl)CCc1ccc(F)c(C)c1. The maximum Gasteiger partial charge on any atom is 0.126 e. The van der Waals surface area contributed by atoms with Gasteiger partial charge in [-0.25, -0.2) is 4.39 Å². The zero-order valence-corrected chi connectivity index (χ0v) is 8.37. The smallest absolute Gasteiger partial charge is 0.126 e. The average Bonchev–Trinajstić information content (AvgIpc) is 2.07. The predicted molar refractivity (Wildman–Crippen MR) is 54.5 cm³/mol. The Kier molecular flexibility index (Phi) is 3.49. The number of aryl methyl sites for hydroxylation is 2. The average molecular weight is 199 g/mol. The molecule has 0 aliphatic rings. The summed E-state index contributed by atoms with van der Waals surface area (Å²) in [6.07, 6.45) is 1.57. The van der Waals surface area contributed by atoms with Crippen LogP contribution in [0, 0.1) is 12.7 Å². The van der Waals surface area contributed by atoms with Gasteiger partial charge in [-0.1, -0.05) is 30.3 Å². The molecule has 0 bridgehead atoms. The summed E-state index contributed by atoms with van der Waals surface area (Å²) in [6, 6.07) is 5.11. The number of hydrogen-bond acceptors (Lipinski definition) is 0. The third kappa shape index (κ3) is 3.19. The van der Waals surface area contributed by atoms with E-state index in [9.17, 15) is 4.39 Å². The summed E-state index contributed by atoms with van der Waals surface area (Å²) in [6.45, 7) is 5.36. The normalized spacial score (nSPS) is 10.1. The van der Waals surface area contributed by atoms with Crippen LogP contribution in [0.25, 0.3) is 0 Å². The maximum absolute atomic E-state index is 12.9. The highest BCUT2D eigenvalue weighted by Gasteiger charge is 1.99. The van der Waals surface area contributed by atoms with Crippen molar-refractivity contribution in [3.8, 4) is 0 Å². The quantitative estimate of drug-likeness (QED) is 0.693. The first-order valence-corrected chi connectivity index (χ1v) is 4.55. The summed E-state index contributed by atoms with van der Waals surface area (Å²) in [5.74, 6) is -0.159. The Morgan fingerprint density at radius 3 is 2.77 bits per heavy atom. The Balaban J connectivity index is 2.68. The van der Waals surface area contributed by atoms with E-state index in [4.69, 9.17) is 11.6 Å². The van der Waals surface area contributed by atoms with Crippen LogP contribution in [0.15, 0.2) is 29.8 Å². The molecule has 0 radical (unpaired) electrons. The van der Waals surface area contributed by atoms with Crippen LogP contribution in [-0.4, -0.2) is 0 Å². The minimum Gasteiger partial charge on any atom is -0.207 e. The lowest BCUT2D eigenvalue weighted by Crippen LogP contribution is -1.88. The van der Waals surface area contributed by atoms with Gasteiger partial charge in [0.15, 0.2) is 0 Å². The Morgan fingerprint density at radius 2 is 2.23 bits per heavy atom. The van der Waals surface area contributed by atoms with Crippen LogP contribution in [0.5, 0.6) is 0 Å². The number of rotatable bonds is 3. The summed E-state index contributed by atoms with van der Waals surface area (Å²) in [4.78, 5) is 0. The first-order valence-electron chi connectivity index (χ1n) is 4.18. The molecule has 0 aliphatic heterocycles. The lowest BCUT2D eigenvalue weighted by Gasteiger charge is -2.02. The van der Waals surface area contributed by atoms with Gasteiger partial charge < -0.3 is 0 Å². The van der Waals surface area contributed by atoms with Gasteiger partial charge in [0.25, 0.3) is 0 Å². The van der Waals surface area contributed by atoms with Crippen molar-refractivity contribution >= 4 is 11.6 Å². The Labute approximate surface area is 83.0 Å². The Bertz CT molecular complexity index is 318. The number of allylic oxidation sites excluding steroid dienone is 1. The first-order chi connectivity index (χ1) is 6.09. The van der Waals surface area contributed by atoms with E-state index in [1.165, 1.54) is 6.07 Å². The van der Waals surface area contributed by atoms with Crippen LogP contribution in [-0.2, 0) is 6.42 Å². The van der Waals surface area contributed by atoms with Crippen LogP contribution in [0.1, 0.15) is 17.5 Å². The van der Waals surface area contributed by atoms with Crippen LogP contribution in [0.4, 0.5) is 4.39 Å². The van der Waals surface area contributed by atoms with Gasteiger partial charge >= 0.3 is 0 Å². The highest BCUT2D eigenvalue weighted by molar-refractivity contribution is 6.29. The van der Waals surface area contributed by atoms with E-state index in [2.05, 4.69) is 6.58 Å². The molecule has 0 spiro atoms. The number of halogens is 2. The van der Waals surface area contributed by atoms with Gasteiger partial charge in [-0.3, -0.25) is 0 Å². The zero-order valence-electron chi connectivity index (χ0n) is 7.61. The van der Waals surface area contributed by atoms with Crippen molar-refractivity contribution in [2.75, 3.05) is 0 Å². The summed E-state index contributed by atoms with van der Waals surface area (Å²) in [7, 11) is 0. The summed E-state index contributed by atoms with van der Waals surface area (Å²) in [5, 5.41) is 0.641. The topological polar surface area (TPSA) is 0 Å². The van der Waals surface area contributed by atoms with Crippen LogP contribution < -0.4 is 0 Å². The molecule has 0 aromatic heterocycles. The van der Waals surface area contributed by atoms with Crippen molar-refractivity contribution in [3.05, 3.63) is 46.8 Å². The molecule has 0 saturated heterocycles. The van der Waals surface area contributed by atoms with Gasteiger partial charge in [0.05, 0.1) is 0 Å². The summed E-state index contributed by atoms with van der Waals surface area (Å²) < 4.78 is 12.9. The molecule has 13 heavy (non-hydrogen) atoms. The van der Waals surface area contributed by atoms with Crippen LogP contribution >= 0.6 is 11.6 Å². The molecule has 0 amide bonds. The third-order valence-corrected chi connectivity index (χ3v) is 2.10. The number of hydrogen-bond donors (Lipinski definition) is 0. The molecule has 0 unspecified atom stereocenters. The minimum atomic E-state index is -0.159. The monoisotopic (exact) mass is 198 g/mol. The van der Waals surface area contributed by atoms with E-state index in [1.807, 2.05) is 6.07 Å². The molecule has 0 N–H and O–H groups in total. The molecule has 1 aromatic carbocycles. The van der Waals surface area contributed by atoms with E-state index < -0.39 is 0 Å². The largest absolute Gasteiger partial charge is 0.207 e. The van der Waals surface area contributed by atoms with E-state index in [0.29, 0.717) is 10.6 Å². The fourth-order valence-corrected chi connectivity index (χ4v) is 1.24. The van der Waals surface area contributed by atoms with Gasteiger partial charge in [0.1, 0.15) is 5.82 Å². The van der Waals surface area contributed by atoms with Crippen molar-refractivity contribution in [2.24, 2.45) is 0 Å². The predicted octanol–water partition coefficient (Wildman–Crippen LogP) is 3.82. The second kappa shape index (κ2) is 4.43. The molecule has 1 aromatic rings. The van der Waals surface area contributed by atoms with Gasteiger partial charge in [-0.15, -0.1) is 0 Å². The fourth-order valence-electron chi connectivity index (χ4n) is 1.14. The highest BCUT2D eigenvalue weighted by atomic mass is 35.5. The lowest BCUT2D eigenvalue weighted by atomic mass is 10.1. The van der Waals surface area contributed by atoms with Gasteiger partial charge in [-0.05, 0) is 37.0 Å². The maximum atomic E-state index is 12.9.